The van der Waals surface area contributed by atoms with Gasteiger partial charge in [0.1, 0.15) is 0 Å². The molecule has 0 aliphatic carbocycles. The molecule has 0 fully saturated rings. The smallest absolute Gasteiger partial charge is 0.337 e. The molecule has 0 heterocycles. The zero-order chi connectivity index (χ0) is 12.8. The number of thioether (sulfide) groups is 1. The fourth-order valence-electron chi connectivity index (χ4n) is 1.50. The zero-order valence-electron chi connectivity index (χ0n) is 9.38. The van der Waals surface area contributed by atoms with E-state index < -0.39 is 12.1 Å². The molecule has 1 unspecified atom stereocenters. The van der Waals surface area contributed by atoms with Crippen LogP contribution >= 0.6 is 11.8 Å². The summed E-state index contributed by atoms with van der Waals surface area (Å²) in [5, 5.41) is 26.7. The Bertz CT molecular complexity index is 454. The van der Waals surface area contributed by atoms with Gasteiger partial charge in [0.2, 0.25) is 0 Å². The van der Waals surface area contributed by atoms with Gasteiger partial charge < -0.3 is 10.2 Å². The predicted molar refractivity (Wildman–Crippen MR) is 64.8 cm³/mol. The number of carboxylic acids is 1. The van der Waals surface area contributed by atoms with E-state index in [1.165, 1.54) is 11.8 Å². The summed E-state index contributed by atoms with van der Waals surface area (Å²) in [6.45, 7) is 0. The molecule has 0 saturated carbocycles. The van der Waals surface area contributed by atoms with Crippen LogP contribution in [0.5, 0.6) is 0 Å². The number of nitriles is 1. The molecule has 90 valence electrons. The maximum absolute atomic E-state index is 10.7. The Morgan fingerprint density at radius 1 is 1.59 bits per heavy atom. The van der Waals surface area contributed by atoms with Gasteiger partial charge in [0, 0.05) is 11.3 Å². The highest BCUT2D eigenvalue weighted by Gasteiger charge is 2.17. The third-order valence-electron chi connectivity index (χ3n) is 2.36. The van der Waals surface area contributed by atoms with Gasteiger partial charge in [-0.15, -0.1) is 11.8 Å². The Morgan fingerprint density at radius 3 is 2.82 bits per heavy atom. The molecule has 1 atom stereocenters. The van der Waals surface area contributed by atoms with Crippen molar-refractivity contribution in [2.45, 2.75) is 23.8 Å². The molecule has 0 aromatic heterocycles. The number of hydrogen-bond acceptors (Lipinski definition) is 4. The molecule has 17 heavy (non-hydrogen) atoms. The SMILES string of the molecule is CSc1ccc(C(O)C(=O)O)cc1CCC#N. The van der Waals surface area contributed by atoms with Crippen molar-refractivity contribution >= 4 is 17.7 Å². The molecule has 0 bridgehead atoms. The van der Waals surface area contributed by atoms with E-state index in [0.29, 0.717) is 18.4 Å². The minimum Gasteiger partial charge on any atom is -0.479 e. The van der Waals surface area contributed by atoms with E-state index in [9.17, 15) is 9.90 Å². The van der Waals surface area contributed by atoms with Gasteiger partial charge >= 0.3 is 5.97 Å². The number of carboxylic acid groups (broad SMARTS) is 1. The Morgan fingerprint density at radius 2 is 2.29 bits per heavy atom. The van der Waals surface area contributed by atoms with E-state index in [4.69, 9.17) is 10.4 Å². The van der Waals surface area contributed by atoms with Crippen molar-refractivity contribution in [1.82, 2.24) is 0 Å². The van der Waals surface area contributed by atoms with Crippen molar-refractivity contribution in [3.63, 3.8) is 0 Å². The van der Waals surface area contributed by atoms with Crippen LogP contribution in [0.3, 0.4) is 0 Å². The highest BCUT2D eigenvalue weighted by Crippen LogP contribution is 2.25. The lowest BCUT2D eigenvalue weighted by atomic mass is 10.0. The van der Waals surface area contributed by atoms with Crippen LogP contribution in [0, 0.1) is 11.3 Å². The van der Waals surface area contributed by atoms with Crippen LogP contribution in [0.15, 0.2) is 23.1 Å². The minimum absolute atomic E-state index is 0.350. The summed E-state index contributed by atoms with van der Waals surface area (Å²) in [6.07, 6.45) is 1.35. The van der Waals surface area contributed by atoms with Gasteiger partial charge in [0.25, 0.3) is 0 Å². The number of aliphatic hydroxyl groups excluding tert-OH is 1. The summed E-state index contributed by atoms with van der Waals surface area (Å²) >= 11 is 1.54. The molecule has 1 rings (SSSR count). The van der Waals surface area contributed by atoms with Gasteiger partial charge in [0.15, 0.2) is 6.10 Å². The van der Waals surface area contributed by atoms with Crippen LogP contribution in [-0.2, 0) is 11.2 Å². The van der Waals surface area contributed by atoms with Gasteiger partial charge in [-0.2, -0.15) is 5.26 Å². The van der Waals surface area contributed by atoms with Crippen LogP contribution in [0.2, 0.25) is 0 Å². The second-order valence-corrected chi connectivity index (χ2v) is 4.32. The molecular formula is C12H13NO3S. The fraction of sp³-hybridized carbons (Fsp3) is 0.333. The van der Waals surface area contributed by atoms with Crippen LogP contribution in [-0.4, -0.2) is 22.4 Å². The summed E-state index contributed by atoms with van der Waals surface area (Å²) in [5.74, 6) is -1.27. The van der Waals surface area contributed by atoms with Crippen molar-refractivity contribution < 1.29 is 15.0 Å². The standard InChI is InChI=1S/C12H13NO3S/c1-17-10-5-4-9(11(14)12(15)16)7-8(10)3-2-6-13/h4-5,7,11,14H,2-3H2,1H3,(H,15,16). The van der Waals surface area contributed by atoms with E-state index in [1.54, 1.807) is 18.2 Å². The first-order valence-corrected chi connectivity index (χ1v) is 6.27. The Labute approximate surface area is 104 Å². The Kier molecular flexibility index (Phi) is 5.01. The van der Waals surface area contributed by atoms with E-state index in [2.05, 4.69) is 6.07 Å². The molecule has 5 heteroatoms. The maximum atomic E-state index is 10.7. The van der Waals surface area contributed by atoms with Crippen LogP contribution in [0.25, 0.3) is 0 Å². The number of hydrogen-bond donors (Lipinski definition) is 2. The third-order valence-corrected chi connectivity index (χ3v) is 3.20. The second-order valence-electron chi connectivity index (χ2n) is 3.47. The monoisotopic (exact) mass is 251 g/mol. The van der Waals surface area contributed by atoms with Crippen LogP contribution in [0.4, 0.5) is 0 Å². The van der Waals surface area contributed by atoms with E-state index in [0.717, 1.165) is 10.5 Å². The van der Waals surface area contributed by atoms with Crippen molar-refractivity contribution in [3.05, 3.63) is 29.3 Å². The molecule has 2 N–H and O–H groups in total. The number of rotatable bonds is 5. The summed E-state index contributed by atoms with van der Waals surface area (Å²) in [6, 6.07) is 7.08. The molecular weight excluding hydrogens is 238 g/mol. The molecule has 0 aliphatic heterocycles. The number of aryl methyl sites for hydroxylation is 1. The second kappa shape index (κ2) is 6.28. The lowest BCUT2D eigenvalue weighted by Crippen LogP contribution is -2.10. The zero-order valence-corrected chi connectivity index (χ0v) is 10.2. The van der Waals surface area contributed by atoms with Crippen molar-refractivity contribution in [2.75, 3.05) is 6.26 Å². The quantitative estimate of drug-likeness (QED) is 0.782. The summed E-state index contributed by atoms with van der Waals surface area (Å²) in [4.78, 5) is 11.7. The Balaban J connectivity index is 3.04. The van der Waals surface area contributed by atoms with Gasteiger partial charge in [-0.05, 0) is 29.9 Å². The lowest BCUT2D eigenvalue weighted by Gasteiger charge is -2.11. The lowest BCUT2D eigenvalue weighted by molar-refractivity contribution is -0.146. The number of aliphatic hydroxyl groups is 1. The molecule has 1 aromatic rings. The molecule has 4 nitrogen and oxygen atoms in total. The van der Waals surface area contributed by atoms with Gasteiger partial charge in [0.05, 0.1) is 6.07 Å². The Hall–Kier alpha value is -1.51. The van der Waals surface area contributed by atoms with Crippen molar-refractivity contribution in [2.24, 2.45) is 0 Å². The molecule has 0 saturated heterocycles. The maximum Gasteiger partial charge on any atom is 0.337 e. The molecule has 0 radical (unpaired) electrons. The average molecular weight is 251 g/mol. The van der Waals surface area contributed by atoms with Crippen LogP contribution < -0.4 is 0 Å². The molecule has 1 aromatic carbocycles. The summed E-state index contributed by atoms with van der Waals surface area (Å²) in [5.41, 5.74) is 1.25. The molecule has 0 spiro atoms. The molecule has 0 amide bonds. The van der Waals surface area contributed by atoms with Crippen molar-refractivity contribution in [1.29, 1.82) is 5.26 Å². The van der Waals surface area contributed by atoms with Gasteiger partial charge in [-0.3, -0.25) is 0 Å². The van der Waals surface area contributed by atoms with Crippen molar-refractivity contribution in [3.8, 4) is 6.07 Å². The van der Waals surface area contributed by atoms with Gasteiger partial charge in [-0.25, -0.2) is 4.79 Å². The normalized spacial score (nSPS) is 11.8. The highest BCUT2D eigenvalue weighted by molar-refractivity contribution is 7.98. The number of nitrogens with zero attached hydrogens (tertiary/aromatic N) is 1. The van der Waals surface area contributed by atoms with E-state index >= 15 is 0 Å². The number of aliphatic carboxylic acids is 1. The first-order chi connectivity index (χ1) is 8.10. The predicted octanol–water partition coefficient (Wildman–Crippen LogP) is 1.98. The topological polar surface area (TPSA) is 81.3 Å². The fourth-order valence-corrected chi connectivity index (χ4v) is 2.12. The third kappa shape index (κ3) is 3.48. The first kappa shape index (κ1) is 13.6. The highest BCUT2D eigenvalue weighted by atomic mass is 32.2. The largest absolute Gasteiger partial charge is 0.479 e. The minimum atomic E-state index is -1.51. The average Bonchev–Trinajstić information content (AvgIpc) is 2.34. The summed E-state index contributed by atoms with van der Waals surface area (Å²) in [7, 11) is 0. The van der Waals surface area contributed by atoms with Gasteiger partial charge in [-0.1, -0.05) is 12.1 Å². The summed E-state index contributed by atoms with van der Waals surface area (Å²) < 4.78 is 0. The number of carbonyl (C=O) groups is 1. The van der Waals surface area contributed by atoms with E-state index in [-0.39, 0.29) is 0 Å². The first-order valence-electron chi connectivity index (χ1n) is 5.04. The van der Waals surface area contributed by atoms with E-state index in [1.807, 2.05) is 6.26 Å². The number of benzene rings is 1. The van der Waals surface area contributed by atoms with Crippen LogP contribution in [0.1, 0.15) is 23.7 Å². The molecule has 0 aliphatic rings.